The van der Waals surface area contributed by atoms with Crippen LogP contribution in [0, 0.1) is 6.92 Å². The smallest absolute Gasteiger partial charge is 0.254 e. The van der Waals surface area contributed by atoms with Gasteiger partial charge in [0.25, 0.3) is 5.91 Å². The number of rotatable bonds is 5. The van der Waals surface area contributed by atoms with Crippen LogP contribution >= 0.6 is 0 Å². The van der Waals surface area contributed by atoms with E-state index in [-0.39, 0.29) is 11.7 Å². The summed E-state index contributed by atoms with van der Waals surface area (Å²) in [6.07, 6.45) is 1.59. The first-order chi connectivity index (χ1) is 11.6. The van der Waals surface area contributed by atoms with Gasteiger partial charge in [0.2, 0.25) is 0 Å². The highest BCUT2D eigenvalue weighted by atomic mass is 16.3. The van der Waals surface area contributed by atoms with Gasteiger partial charge in [-0.25, -0.2) is 0 Å². The molecule has 4 heteroatoms. The lowest BCUT2D eigenvalue weighted by atomic mass is 10.1. The number of para-hydroxylation sites is 1. The Morgan fingerprint density at radius 1 is 1.04 bits per heavy atom. The molecule has 24 heavy (non-hydrogen) atoms. The number of hydrogen-bond acceptors (Lipinski definition) is 3. The maximum Gasteiger partial charge on any atom is 0.254 e. The predicted octanol–water partition coefficient (Wildman–Crippen LogP) is 4.14. The Morgan fingerprint density at radius 2 is 1.88 bits per heavy atom. The molecule has 0 aliphatic heterocycles. The number of phenols is 1. The molecule has 2 aromatic carbocycles. The van der Waals surface area contributed by atoms with E-state index in [4.69, 9.17) is 4.42 Å². The largest absolute Gasteiger partial charge is 0.508 e. The molecule has 1 N–H and O–H groups in total. The molecule has 0 bridgehead atoms. The minimum absolute atomic E-state index is 0.0987. The first-order valence-corrected chi connectivity index (χ1v) is 7.78. The van der Waals surface area contributed by atoms with Gasteiger partial charge >= 0.3 is 0 Å². The number of carbonyl (C=O) groups excluding carboxylic acids is 1. The van der Waals surface area contributed by atoms with Gasteiger partial charge in [-0.05, 0) is 37.3 Å². The Morgan fingerprint density at radius 3 is 2.58 bits per heavy atom. The van der Waals surface area contributed by atoms with Crippen molar-refractivity contribution >= 4 is 5.91 Å². The highest BCUT2D eigenvalue weighted by Crippen LogP contribution is 2.21. The Hall–Kier alpha value is -3.01. The fourth-order valence-corrected chi connectivity index (χ4v) is 2.60. The van der Waals surface area contributed by atoms with Crippen molar-refractivity contribution in [3.63, 3.8) is 0 Å². The summed E-state index contributed by atoms with van der Waals surface area (Å²) in [7, 11) is 0. The number of carbonyl (C=O) groups is 1. The third-order valence-electron chi connectivity index (χ3n) is 3.83. The summed E-state index contributed by atoms with van der Waals surface area (Å²) >= 11 is 0. The van der Waals surface area contributed by atoms with E-state index in [1.807, 2.05) is 43.3 Å². The van der Waals surface area contributed by atoms with E-state index in [9.17, 15) is 9.90 Å². The normalized spacial score (nSPS) is 10.5. The Balaban J connectivity index is 1.89. The second kappa shape index (κ2) is 7.04. The van der Waals surface area contributed by atoms with Crippen molar-refractivity contribution in [2.24, 2.45) is 0 Å². The monoisotopic (exact) mass is 321 g/mol. The van der Waals surface area contributed by atoms with Crippen LogP contribution in [0.25, 0.3) is 0 Å². The van der Waals surface area contributed by atoms with Crippen LogP contribution in [-0.4, -0.2) is 15.9 Å². The quantitative estimate of drug-likeness (QED) is 0.768. The van der Waals surface area contributed by atoms with Crippen molar-refractivity contribution in [2.75, 3.05) is 0 Å². The first kappa shape index (κ1) is 15.9. The summed E-state index contributed by atoms with van der Waals surface area (Å²) < 4.78 is 5.39. The molecule has 4 nitrogen and oxygen atoms in total. The van der Waals surface area contributed by atoms with Gasteiger partial charge in [-0.15, -0.1) is 0 Å². The highest BCUT2D eigenvalue weighted by molar-refractivity contribution is 5.94. The number of aromatic hydroxyl groups is 1. The van der Waals surface area contributed by atoms with Crippen molar-refractivity contribution in [3.05, 3.63) is 89.4 Å². The lowest BCUT2D eigenvalue weighted by Crippen LogP contribution is -2.30. The first-order valence-electron chi connectivity index (χ1n) is 7.78. The van der Waals surface area contributed by atoms with Crippen LogP contribution in [0.1, 0.15) is 27.2 Å². The van der Waals surface area contributed by atoms with E-state index in [0.717, 1.165) is 5.56 Å². The molecule has 0 saturated carbocycles. The van der Waals surface area contributed by atoms with Crippen LogP contribution in [0.15, 0.2) is 71.3 Å². The standard InChI is InChI=1S/C20H19NO3/c1-15-6-4-8-16(12-15)20(23)21(14-18-9-5-11-24-18)13-17-7-2-3-10-19(17)22/h2-12,22H,13-14H2,1H3. The lowest BCUT2D eigenvalue weighted by Gasteiger charge is -2.22. The van der Waals surface area contributed by atoms with Crippen LogP contribution in [0.5, 0.6) is 5.75 Å². The number of amides is 1. The average Bonchev–Trinajstić information content (AvgIpc) is 3.08. The van der Waals surface area contributed by atoms with E-state index < -0.39 is 0 Å². The van der Waals surface area contributed by atoms with Crippen molar-refractivity contribution in [2.45, 2.75) is 20.0 Å². The number of benzene rings is 2. The molecule has 0 atom stereocenters. The van der Waals surface area contributed by atoms with E-state index in [2.05, 4.69) is 0 Å². The van der Waals surface area contributed by atoms with Crippen LogP contribution in [-0.2, 0) is 13.1 Å². The molecule has 0 spiro atoms. The average molecular weight is 321 g/mol. The molecule has 1 heterocycles. The van der Waals surface area contributed by atoms with E-state index in [1.54, 1.807) is 35.4 Å². The van der Waals surface area contributed by atoms with Crippen molar-refractivity contribution < 1.29 is 14.3 Å². The maximum absolute atomic E-state index is 12.9. The zero-order chi connectivity index (χ0) is 16.9. The number of phenolic OH excluding ortho intramolecular Hbond substituents is 1. The minimum Gasteiger partial charge on any atom is -0.508 e. The molecule has 0 aliphatic carbocycles. The zero-order valence-electron chi connectivity index (χ0n) is 13.5. The van der Waals surface area contributed by atoms with Crippen LogP contribution in [0.4, 0.5) is 0 Å². The summed E-state index contributed by atoms with van der Waals surface area (Å²) in [5.74, 6) is 0.781. The van der Waals surface area contributed by atoms with Gasteiger partial charge in [-0.1, -0.05) is 35.9 Å². The fourth-order valence-electron chi connectivity index (χ4n) is 2.60. The van der Waals surface area contributed by atoms with Crippen LogP contribution in [0.2, 0.25) is 0 Å². The summed E-state index contributed by atoms with van der Waals surface area (Å²) in [6, 6.07) is 18.2. The van der Waals surface area contributed by atoms with Gasteiger partial charge < -0.3 is 14.4 Å². The van der Waals surface area contributed by atoms with E-state index in [1.165, 1.54) is 0 Å². The SMILES string of the molecule is Cc1cccc(C(=O)N(Cc2ccco2)Cc2ccccc2O)c1. The molecule has 0 radical (unpaired) electrons. The van der Waals surface area contributed by atoms with E-state index >= 15 is 0 Å². The van der Waals surface area contributed by atoms with E-state index in [0.29, 0.717) is 30.0 Å². The molecule has 0 fully saturated rings. The lowest BCUT2D eigenvalue weighted by molar-refractivity contribution is 0.0716. The molecular formula is C20H19NO3. The maximum atomic E-state index is 12.9. The summed E-state index contributed by atoms with van der Waals surface area (Å²) in [4.78, 5) is 14.6. The molecule has 3 aromatic rings. The Kier molecular flexibility index (Phi) is 4.66. The second-order valence-corrected chi connectivity index (χ2v) is 5.74. The van der Waals surface area contributed by atoms with Crippen molar-refractivity contribution in [1.82, 2.24) is 4.90 Å². The summed E-state index contributed by atoms with van der Waals surface area (Å²) in [5, 5.41) is 10.0. The number of hydrogen-bond donors (Lipinski definition) is 1. The molecule has 0 saturated heterocycles. The molecular weight excluding hydrogens is 302 g/mol. The minimum atomic E-state index is -0.0987. The molecule has 122 valence electrons. The Labute approximate surface area is 141 Å². The Bertz CT molecular complexity index is 824. The van der Waals surface area contributed by atoms with Crippen molar-refractivity contribution in [1.29, 1.82) is 0 Å². The van der Waals surface area contributed by atoms with Crippen LogP contribution < -0.4 is 0 Å². The highest BCUT2D eigenvalue weighted by Gasteiger charge is 2.19. The number of aryl methyl sites for hydroxylation is 1. The molecule has 1 aromatic heterocycles. The number of nitrogens with zero attached hydrogens (tertiary/aromatic N) is 1. The second-order valence-electron chi connectivity index (χ2n) is 5.74. The van der Waals surface area contributed by atoms with Gasteiger partial charge in [0, 0.05) is 11.1 Å². The molecule has 3 rings (SSSR count). The van der Waals surface area contributed by atoms with Crippen LogP contribution in [0.3, 0.4) is 0 Å². The third kappa shape index (κ3) is 3.66. The van der Waals surface area contributed by atoms with Gasteiger partial charge in [0.1, 0.15) is 11.5 Å². The van der Waals surface area contributed by atoms with Gasteiger partial charge in [0.05, 0.1) is 19.4 Å². The van der Waals surface area contributed by atoms with Crippen molar-refractivity contribution in [3.8, 4) is 5.75 Å². The van der Waals surface area contributed by atoms with Gasteiger partial charge in [-0.3, -0.25) is 4.79 Å². The topological polar surface area (TPSA) is 53.7 Å². The van der Waals surface area contributed by atoms with Gasteiger partial charge in [-0.2, -0.15) is 0 Å². The predicted molar refractivity (Wildman–Crippen MR) is 91.6 cm³/mol. The third-order valence-corrected chi connectivity index (χ3v) is 3.83. The molecule has 0 aliphatic rings. The number of furan rings is 1. The zero-order valence-corrected chi connectivity index (χ0v) is 13.5. The summed E-state index contributed by atoms with van der Waals surface area (Å²) in [6.45, 7) is 2.60. The fraction of sp³-hybridized carbons (Fsp3) is 0.150. The van der Waals surface area contributed by atoms with Gasteiger partial charge in [0.15, 0.2) is 0 Å². The molecule has 1 amide bonds. The summed E-state index contributed by atoms with van der Waals surface area (Å²) in [5.41, 5.74) is 2.35. The molecule has 0 unspecified atom stereocenters.